The van der Waals surface area contributed by atoms with Crippen LogP contribution in [0.15, 0.2) is 24.3 Å². The molecule has 116 valence electrons. The van der Waals surface area contributed by atoms with Crippen molar-refractivity contribution in [2.45, 2.75) is 51.5 Å². The number of carboxylic acid groups (broad SMARTS) is 1. The maximum Gasteiger partial charge on any atom is 0.326 e. The number of benzene rings is 1. The van der Waals surface area contributed by atoms with Crippen molar-refractivity contribution in [3.63, 3.8) is 0 Å². The summed E-state index contributed by atoms with van der Waals surface area (Å²) in [5, 5.41) is 20.9. The number of amides is 1. The van der Waals surface area contributed by atoms with E-state index in [2.05, 4.69) is 12.2 Å². The number of carboxylic acids is 1. The summed E-state index contributed by atoms with van der Waals surface area (Å²) in [6, 6.07) is 5.37. The molecule has 0 aliphatic heterocycles. The first-order valence-corrected chi connectivity index (χ1v) is 7.33. The van der Waals surface area contributed by atoms with Gasteiger partial charge in [-0.15, -0.1) is 0 Å². The summed E-state index contributed by atoms with van der Waals surface area (Å²) in [6.45, 7) is 2.10. The number of carbonyl (C=O) groups is 2. The molecule has 0 aromatic heterocycles. The first kappa shape index (κ1) is 17.0. The highest BCUT2D eigenvalue weighted by Gasteiger charge is 2.20. The largest absolute Gasteiger partial charge is 0.508 e. The lowest BCUT2D eigenvalue weighted by Gasteiger charge is -2.14. The van der Waals surface area contributed by atoms with Gasteiger partial charge in [-0.2, -0.15) is 0 Å². The normalized spacial score (nSPS) is 11.9. The van der Waals surface area contributed by atoms with Crippen molar-refractivity contribution < 1.29 is 19.8 Å². The lowest BCUT2D eigenvalue weighted by atomic mass is 10.1. The minimum absolute atomic E-state index is 0.130. The first-order chi connectivity index (χ1) is 10.0. The molecule has 0 fully saturated rings. The molecule has 5 heteroatoms. The third kappa shape index (κ3) is 6.79. The van der Waals surface area contributed by atoms with Crippen LogP contribution in [-0.4, -0.2) is 28.1 Å². The molecule has 0 heterocycles. The fourth-order valence-electron chi connectivity index (χ4n) is 2.05. The van der Waals surface area contributed by atoms with Gasteiger partial charge in [-0.3, -0.25) is 4.79 Å². The third-order valence-corrected chi connectivity index (χ3v) is 3.27. The van der Waals surface area contributed by atoms with Gasteiger partial charge in [0.1, 0.15) is 11.8 Å². The lowest BCUT2D eigenvalue weighted by molar-refractivity contribution is -0.141. The Hall–Kier alpha value is -2.04. The van der Waals surface area contributed by atoms with Crippen molar-refractivity contribution in [2.24, 2.45) is 0 Å². The number of aromatic hydroxyl groups is 1. The zero-order valence-corrected chi connectivity index (χ0v) is 12.3. The molecule has 1 unspecified atom stereocenters. The quantitative estimate of drug-likeness (QED) is 0.610. The summed E-state index contributed by atoms with van der Waals surface area (Å²) in [7, 11) is 0. The molecule has 0 saturated carbocycles. The van der Waals surface area contributed by atoms with Gasteiger partial charge < -0.3 is 15.5 Å². The second-order valence-corrected chi connectivity index (χ2v) is 5.14. The molecule has 1 atom stereocenters. The van der Waals surface area contributed by atoms with Gasteiger partial charge in [0.15, 0.2) is 0 Å². The van der Waals surface area contributed by atoms with Gasteiger partial charge in [-0.1, -0.05) is 38.3 Å². The standard InChI is InChI=1S/C16H23NO4/c1-2-3-4-5-6-15(19)17-14(16(20)21)11-12-7-9-13(18)10-8-12/h7-10,14,18H,2-6,11H2,1H3,(H,17,19)(H,20,21). The molecular weight excluding hydrogens is 270 g/mol. The van der Waals surface area contributed by atoms with E-state index in [1.54, 1.807) is 12.1 Å². The number of unbranched alkanes of at least 4 members (excludes halogenated alkanes) is 3. The van der Waals surface area contributed by atoms with Crippen molar-refractivity contribution in [1.82, 2.24) is 5.32 Å². The van der Waals surface area contributed by atoms with Crippen LogP contribution in [0.2, 0.25) is 0 Å². The van der Waals surface area contributed by atoms with Gasteiger partial charge in [0, 0.05) is 12.8 Å². The molecule has 0 aliphatic carbocycles. The fourth-order valence-corrected chi connectivity index (χ4v) is 2.05. The fraction of sp³-hybridized carbons (Fsp3) is 0.500. The van der Waals surface area contributed by atoms with E-state index in [-0.39, 0.29) is 18.1 Å². The number of phenols is 1. The molecule has 3 N–H and O–H groups in total. The molecule has 1 amide bonds. The maximum absolute atomic E-state index is 11.8. The average Bonchev–Trinajstić information content (AvgIpc) is 2.45. The van der Waals surface area contributed by atoms with Gasteiger partial charge in [0.25, 0.3) is 0 Å². The molecule has 1 rings (SSSR count). The Labute approximate surface area is 125 Å². The number of nitrogens with one attached hydrogen (secondary N) is 1. The Bertz CT molecular complexity index is 456. The van der Waals surface area contributed by atoms with Crippen LogP contribution in [0, 0.1) is 0 Å². The van der Waals surface area contributed by atoms with Crippen molar-refractivity contribution >= 4 is 11.9 Å². The predicted octanol–water partition coefficient (Wildman–Crippen LogP) is 2.47. The van der Waals surface area contributed by atoms with Crippen LogP contribution in [0.3, 0.4) is 0 Å². The summed E-state index contributed by atoms with van der Waals surface area (Å²) >= 11 is 0. The van der Waals surface area contributed by atoms with E-state index in [9.17, 15) is 19.8 Å². The number of hydrogen-bond donors (Lipinski definition) is 3. The first-order valence-electron chi connectivity index (χ1n) is 7.33. The van der Waals surface area contributed by atoms with Crippen LogP contribution in [0.5, 0.6) is 5.75 Å². The lowest BCUT2D eigenvalue weighted by Crippen LogP contribution is -2.42. The van der Waals surface area contributed by atoms with Crippen LogP contribution >= 0.6 is 0 Å². The van der Waals surface area contributed by atoms with Crippen molar-refractivity contribution in [1.29, 1.82) is 0 Å². The van der Waals surface area contributed by atoms with Gasteiger partial charge >= 0.3 is 5.97 Å². The van der Waals surface area contributed by atoms with E-state index < -0.39 is 12.0 Å². The smallest absolute Gasteiger partial charge is 0.326 e. The summed E-state index contributed by atoms with van der Waals surface area (Å²) in [6.07, 6.45) is 4.52. The summed E-state index contributed by atoms with van der Waals surface area (Å²) in [5.74, 6) is -1.15. The minimum atomic E-state index is -1.05. The highest BCUT2D eigenvalue weighted by atomic mass is 16.4. The maximum atomic E-state index is 11.8. The molecule has 1 aromatic carbocycles. The van der Waals surface area contributed by atoms with Gasteiger partial charge in [-0.05, 0) is 24.1 Å². The average molecular weight is 293 g/mol. The zero-order valence-electron chi connectivity index (χ0n) is 12.3. The summed E-state index contributed by atoms with van der Waals surface area (Å²) in [4.78, 5) is 23.0. The van der Waals surface area contributed by atoms with Crippen molar-refractivity contribution in [3.05, 3.63) is 29.8 Å². The van der Waals surface area contributed by atoms with Crippen molar-refractivity contribution in [2.75, 3.05) is 0 Å². The topological polar surface area (TPSA) is 86.6 Å². The number of aliphatic carboxylic acids is 1. The van der Waals surface area contributed by atoms with Crippen LogP contribution in [0.25, 0.3) is 0 Å². The Morgan fingerprint density at radius 3 is 2.38 bits per heavy atom. The molecule has 1 aromatic rings. The summed E-state index contributed by atoms with van der Waals surface area (Å²) < 4.78 is 0. The van der Waals surface area contributed by atoms with Crippen LogP contribution < -0.4 is 5.32 Å². The number of hydrogen-bond acceptors (Lipinski definition) is 3. The molecular formula is C16H23NO4. The molecule has 0 saturated heterocycles. The number of carbonyl (C=O) groups excluding carboxylic acids is 1. The third-order valence-electron chi connectivity index (χ3n) is 3.27. The summed E-state index contributed by atoms with van der Waals surface area (Å²) in [5.41, 5.74) is 0.756. The van der Waals surface area contributed by atoms with E-state index in [1.165, 1.54) is 12.1 Å². The van der Waals surface area contributed by atoms with Crippen LogP contribution in [-0.2, 0) is 16.0 Å². The van der Waals surface area contributed by atoms with Gasteiger partial charge in [0.05, 0.1) is 0 Å². The highest BCUT2D eigenvalue weighted by molar-refractivity contribution is 5.83. The van der Waals surface area contributed by atoms with E-state index in [1.807, 2.05) is 0 Å². The molecule has 0 radical (unpaired) electrons. The zero-order chi connectivity index (χ0) is 15.7. The number of rotatable bonds is 9. The van der Waals surface area contributed by atoms with Crippen LogP contribution in [0.1, 0.15) is 44.6 Å². The predicted molar refractivity (Wildman–Crippen MR) is 80.1 cm³/mol. The number of phenolic OH excluding ortho intramolecular Hbond substituents is 1. The Kier molecular flexibility index (Phi) is 7.29. The molecule has 0 spiro atoms. The molecule has 21 heavy (non-hydrogen) atoms. The monoisotopic (exact) mass is 293 g/mol. The van der Waals surface area contributed by atoms with Gasteiger partial charge in [-0.25, -0.2) is 4.79 Å². The van der Waals surface area contributed by atoms with E-state index >= 15 is 0 Å². The Morgan fingerprint density at radius 1 is 1.14 bits per heavy atom. The Balaban J connectivity index is 2.48. The van der Waals surface area contributed by atoms with E-state index in [0.717, 1.165) is 31.2 Å². The molecule has 0 aliphatic rings. The Morgan fingerprint density at radius 2 is 1.81 bits per heavy atom. The minimum Gasteiger partial charge on any atom is -0.508 e. The van der Waals surface area contributed by atoms with Gasteiger partial charge in [0.2, 0.25) is 5.91 Å². The second-order valence-electron chi connectivity index (χ2n) is 5.14. The van der Waals surface area contributed by atoms with Crippen molar-refractivity contribution in [3.8, 4) is 5.75 Å². The van der Waals surface area contributed by atoms with E-state index in [0.29, 0.717) is 6.42 Å². The molecule has 5 nitrogen and oxygen atoms in total. The SMILES string of the molecule is CCCCCCC(=O)NC(Cc1ccc(O)cc1)C(=O)O. The molecule has 0 bridgehead atoms. The second kappa shape index (κ2) is 9.00. The van der Waals surface area contributed by atoms with E-state index in [4.69, 9.17) is 0 Å². The highest BCUT2D eigenvalue weighted by Crippen LogP contribution is 2.11. The van der Waals surface area contributed by atoms with Crippen LogP contribution in [0.4, 0.5) is 0 Å².